The third-order valence-corrected chi connectivity index (χ3v) is 4.24. The fraction of sp³-hybridized carbons (Fsp3) is 0.200. The van der Waals surface area contributed by atoms with Gasteiger partial charge in [0.05, 0.1) is 22.8 Å². The van der Waals surface area contributed by atoms with E-state index in [1.165, 1.54) is 5.56 Å². The van der Waals surface area contributed by atoms with Gasteiger partial charge in [-0.25, -0.2) is 9.67 Å². The second-order valence-electron chi connectivity index (χ2n) is 6.26. The normalized spacial score (nSPS) is 11.5. The van der Waals surface area contributed by atoms with Gasteiger partial charge in [0.2, 0.25) is 0 Å². The summed E-state index contributed by atoms with van der Waals surface area (Å²) in [5.74, 6) is 0. The van der Waals surface area contributed by atoms with Crippen molar-refractivity contribution < 1.29 is 0 Å². The van der Waals surface area contributed by atoms with Crippen molar-refractivity contribution in [2.45, 2.75) is 26.4 Å². The Morgan fingerprint density at radius 3 is 2.50 bits per heavy atom. The molecule has 0 aliphatic heterocycles. The highest BCUT2D eigenvalue weighted by molar-refractivity contribution is 6.06. The molecule has 4 aromatic rings. The standard InChI is InChI=1S/C20H20N4/c1-14(2)24-20-17(13-22-24)19(16-10-6-7-11-18(16)23-20)21-12-15-8-4-3-5-9-15/h3-11,13-14H,12H2,1-2H3,(H,21,23). The van der Waals surface area contributed by atoms with Crippen molar-refractivity contribution in [3.63, 3.8) is 0 Å². The highest BCUT2D eigenvalue weighted by Crippen LogP contribution is 2.31. The number of para-hydroxylation sites is 1. The first-order valence-electron chi connectivity index (χ1n) is 8.28. The van der Waals surface area contributed by atoms with Gasteiger partial charge in [-0.05, 0) is 25.5 Å². The monoisotopic (exact) mass is 316 g/mol. The molecule has 0 amide bonds. The molecule has 0 atom stereocenters. The molecular weight excluding hydrogens is 296 g/mol. The van der Waals surface area contributed by atoms with E-state index in [1.54, 1.807) is 0 Å². The van der Waals surface area contributed by atoms with Crippen LogP contribution in [-0.4, -0.2) is 14.8 Å². The van der Waals surface area contributed by atoms with Crippen LogP contribution in [0.1, 0.15) is 25.5 Å². The van der Waals surface area contributed by atoms with Gasteiger partial charge in [-0.15, -0.1) is 0 Å². The molecule has 1 N–H and O–H groups in total. The Morgan fingerprint density at radius 1 is 0.958 bits per heavy atom. The third kappa shape index (κ3) is 2.50. The van der Waals surface area contributed by atoms with Crippen LogP contribution in [0.25, 0.3) is 21.9 Å². The van der Waals surface area contributed by atoms with Crippen LogP contribution in [0, 0.1) is 0 Å². The largest absolute Gasteiger partial charge is 0.380 e. The van der Waals surface area contributed by atoms with Crippen molar-refractivity contribution in [3.05, 3.63) is 66.4 Å². The van der Waals surface area contributed by atoms with Crippen LogP contribution in [0.4, 0.5) is 5.69 Å². The molecule has 0 bridgehead atoms. The van der Waals surface area contributed by atoms with Crippen molar-refractivity contribution in [3.8, 4) is 0 Å². The molecule has 2 aromatic heterocycles. The van der Waals surface area contributed by atoms with E-state index in [2.05, 4.69) is 66.7 Å². The molecule has 120 valence electrons. The van der Waals surface area contributed by atoms with Crippen molar-refractivity contribution in [1.29, 1.82) is 0 Å². The van der Waals surface area contributed by atoms with Crippen molar-refractivity contribution in [1.82, 2.24) is 14.8 Å². The maximum Gasteiger partial charge on any atom is 0.160 e. The smallest absolute Gasteiger partial charge is 0.160 e. The molecule has 0 fully saturated rings. The minimum atomic E-state index is 0.276. The lowest BCUT2D eigenvalue weighted by atomic mass is 10.1. The van der Waals surface area contributed by atoms with E-state index < -0.39 is 0 Å². The Morgan fingerprint density at radius 2 is 1.71 bits per heavy atom. The van der Waals surface area contributed by atoms with Crippen LogP contribution in [0.2, 0.25) is 0 Å². The van der Waals surface area contributed by atoms with Gasteiger partial charge in [0, 0.05) is 18.0 Å². The average molecular weight is 316 g/mol. The van der Waals surface area contributed by atoms with Crippen molar-refractivity contribution in [2.24, 2.45) is 0 Å². The number of hydrogen-bond acceptors (Lipinski definition) is 3. The van der Waals surface area contributed by atoms with Crippen LogP contribution in [-0.2, 0) is 6.54 Å². The van der Waals surface area contributed by atoms with E-state index in [0.29, 0.717) is 0 Å². The summed E-state index contributed by atoms with van der Waals surface area (Å²) in [6.07, 6.45) is 1.92. The quantitative estimate of drug-likeness (QED) is 0.589. The predicted molar refractivity (Wildman–Crippen MR) is 99.2 cm³/mol. The van der Waals surface area contributed by atoms with Crippen molar-refractivity contribution in [2.75, 3.05) is 5.32 Å². The van der Waals surface area contributed by atoms with E-state index in [4.69, 9.17) is 4.98 Å². The number of anilines is 1. The third-order valence-electron chi connectivity index (χ3n) is 4.24. The zero-order valence-electron chi connectivity index (χ0n) is 13.9. The van der Waals surface area contributed by atoms with Crippen LogP contribution >= 0.6 is 0 Å². The van der Waals surface area contributed by atoms with Gasteiger partial charge < -0.3 is 5.32 Å². The summed E-state index contributed by atoms with van der Waals surface area (Å²) in [5.41, 5.74) is 4.27. The second kappa shape index (κ2) is 5.96. The summed E-state index contributed by atoms with van der Waals surface area (Å²) in [4.78, 5) is 4.84. The molecular formula is C20H20N4. The molecule has 2 aromatic carbocycles. The summed E-state index contributed by atoms with van der Waals surface area (Å²) in [6.45, 7) is 5.03. The number of aromatic nitrogens is 3. The van der Waals surface area contributed by atoms with Crippen LogP contribution in [0.5, 0.6) is 0 Å². The first-order chi connectivity index (χ1) is 11.7. The van der Waals surface area contributed by atoms with E-state index in [-0.39, 0.29) is 6.04 Å². The highest BCUT2D eigenvalue weighted by atomic mass is 15.3. The first kappa shape index (κ1) is 14.7. The van der Waals surface area contributed by atoms with Gasteiger partial charge in [-0.1, -0.05) is 48.5 Å². The van der Waals surface area contributed by atoms with Gasteiger partial charge in [0.25, 0.3) is 0 Å². The molecule has 0 saturated carbocycles. The Kier molecular flexibility index (Phi) is 3.65. The van der Waals surface area contributed by atoms with Crippen molar-refractivity contribution >= 4 is 27.6 Å². The number of fused-ring (bicyclic) bond motifs is 2. The molecule has 4 heteroatoms. The maximum absolute atomic E-state index is 4.84. The topological polar surface area (TPSA) is 42.7 Å². The Labute approximate surface area is 141 Å². The van der Waals surface area contributed by atoms with Crippen LogP contribution < -0.4 is 5.32 Å². The van der Waals surface area contributed by atoms with E-state index in [1.807, 2.05) is 23.0 Å². The summed E-state index contributed by atoms with van der Waals surface area (Å²) in [5, 5.41) is 10.4. The van der Waals surface area contributed by atoms with Crippen LogP contribution in [0.15, 0.2) is 60.8 Å². The minimum absolute atomic E-state index is 0.276. The molecule has 0 saturated heterocycles. The first-order valence-corrected chi connectivity index (χ1v) is 8.28. The molecule has 0 unspecified atom stereocenters. The second-order valence-corrected chi connectivity index (χ2v) is 6.26. The van der Waals surface area contributed by atoms with E-state index in [9.17, 15) is 0 Å². The molecule has 0 radical (unpaired) electrons. The number of rotatable bonds is 4. The average Bonchev–Trinajstić information content (AvgIpc) is 3.03. The number of nitrogens with one attached hydrogen (secondary N) is 1. The summed E-state index contributed by atoms with van der Waals surface area (Å²) >= 11 is 0. The summed E-state index contributed by atoms with van der Waals surface area (Å²) in [7, 11) is 0. The molecule has 0 spiro atoms. The fourth-order valence-electron chi connectivity index (χ4n) is 3.04. The Hall–Kier alpha value is -2.88. The highest BCUT2D eigenvalue weighted by Gasteiger charge is 2.14. The SMILES string of the molecule is CC(C)n1ncc2c(NCc3ccccc3)c3ccccc3nc21. The lowest BCUT2D eigenvalue weighted by Gasteiger charge is -2.13. The Bertz CT molecular complexity index is 987. The molecule has 2 heterocycles. The number of nitrogens with zero attached hydrogens (tertiary/aromatic N) is 3. The predicted octanol–water partition coefficient (Wildman–Crippen LogP) is 4.78. The minimum Gasteiger partial charge on any atom is -0.380 e. The zero-order chi connectivity index (χ0) is 16.5. The number of pyridine rings is 1. The molecule has 0 aliphatic rings. The molecule has 0 aliphatic carbocycles. The molecule has 4 nitrogen and oxygen atoms in total. The lowest BCUT2D eigenvalue weighted by Crippen LogP contribution is -2.05. The fourth-order valence-corrected chi connectivity index (χ4v) is 3.04. The Balaban J connectivity index is 1.86. The lowest BCUT2D eigenvalue weighted by molar-refractivity contribution is 0.547. The van der Waals surface area contributed by atoms with Gasteiger partial charge >= 0.3 is 0 Å². The summed E-state index contributed by atoms with van der Waals surface area (Å²) in [6, 6.07) is 18.9. The summed E-state index contributed by atoms with van der Waals surface area (Å²) < 4.78 is 1.98. The van der Waals surface area contributed by atoms with Gasteiger partial charge in [0.1, 0.15) is 0 Å². The number of benzene rings is 2. The van der Waals surface area contributed by atoms with Gasteiger partial charge in [-0.2, -0.15) is 5.10 Å². The van der Waals surface area contributed by atoms with Gasteiger partial charge in [-0.3, -0.25) is 0 Å². The molecule has 4 rings (SSSR count). The van der Waals surface area contributed by atoms with E-state index in [0.717, 1.165) is 34.2 Å². The number of hydrogen-bond donors (Lipinski definition) is 1. The molecule has 24 heavy (non-hydrogen) atoms. The van der Waals surface area contributed by atoms with Crippen LogP contribution in [0.3, 0.4) is 0 Å². The van der Waals surface area contributed by atoms with E-state index >= 15 is 0 Å². The van der Waals surface area contributed by atoms with Gasteiger partial charge in [0.15, 0.2) is 5.65 Å². The zero-order valence-corrected chi connectivity index (χ0v) is 13.9. The maximum atomic E-state index is 4.84.